The predicted octanol–water partition coefficient (Wildman–Crippen LogP) is 15.9. The summed E-state index contributed by atoms with van der Waals surface area (Å²) in [6.45, 7) is 0. The Morgan fingerprint density at radius 1 is 0.207 bits per heavy atom. The topological polar surface area (TPSA) is 6.48 Å². The van der Waals surface area contributed by atoms with Crippen molar-refractivity contribution < 1.29 is 0 Å². The Bertz CT molecular complexity index is 2950. The highest BCUT2D eigenvalue weighted by Crippen LogP contribution is 2.42. The van der Waals surface area contributed by atoms with E-state index in [1.165, 1.54) is 54.9 Å². The lowest BCUT2D eigenvalue weighted by atomic mass is 9.91. The second kappa shape index (κ2) is 15.5. The summed E-state index contributed by atoms with van der Waals surface area (Å²) < 4.78 is 0. The molecule has 0 amide bonds. The molecule has 0 N–H and O–H groups in total. The summed E-state index contributed by atoms with van der Waals surface area (Å²) in [6, 6.07) is 87.2. The fourth-order valence-corrected chi connectivity index (χ4v) is 8.20. The molecular weight excluding hydrogens is 701 g/mol. The largest absolute Gasteiger partial charge is 0.311 e. The first-order chi connectivity index (χ1) is 28.8. The molecule has 0 unspecified atom stereocenters. The van der Waals surface area contributed by atoms with Crippen LogP contribution in [0, 0.1) is 0 Å². The molecule has 0 bridgehead atoms. The minimum atomic E-state index is 1.10. The first kappa shape index (κ1) is 34.8. The van der Waals surface area contributed by atoms with Gasteiger partial charge in [-0.2, -0.15) is 0 Å². The zero-order valence-electron chi connectivity index (χ0n) is 32.0. The smallest absolute Gasteiger partial charge is 0.0468 e. The number of benzene rings is 10. The van der Waals surface area contributed by atoms with Crippen LogP contribution in [-0.4, -0.2) is 0 Å². The minimum absolute atomic E-state index is 1.10. The molecule has 2 nitrogen and oxygen atoms in total. The molecule has 10 rings (SSSR count). The van der Waals surface area contributed by atoms with Crippen LogP contribution in [0.3, 0.4) is 0 Å². The molecule has 10 aromatic rings. The standard InChI is InChI=1S/C56H40N2/c1-4-14-41(15-5-1)43-26-33-50(34-27-43)57(48-20-6-2-7-21-48)51-35-29-44(30-36-51)54-24-12-18-46-19-13-25-55(56(46)54)45-31-37-52(38-32-45)58(49-22-8-3-9-23-49)53-39-28-42-16-10-11-17-47(42)40-53/h1-40H. The zero-order valence-corrected chi connectivity index (χ0v) is 32.0. The van der Waals surface area contributed by atoms with Crippen molar-refractivity contribution in [2.75, 3.05) is 9.80 Å². The molecule has 0 spiro atoms. The molecule has 0 radical (unpaired) electrons. The molecule has 58 heavy (non-hydrogen) atoms. The molecule has 10 aromatic carbocycles. The van der Waals surface area contributed by atoms with Crippen LogP contribution in [0.1, 0.15) is 0 Å². The third-order valence-corrected chi connectivity index (χ3v) is 11.0. The number of hydrogen-bond donors (Lipinski definition) is 0. The first-order valence-electron chi connectivity index (χ1n) is 19.8. The van der Waals surface area contributed by atoms with Crippen LogP contribution < -0.4 is 9.80 Å². The molecule has 0 aliphatic heterocycles. The van der Waals surface area contributed by atoms with Gasteiger partial charge in [-0.25, -0.2) is 0 Å². The van der Waals surface area contributed by atoms with Crippen molar-refractivity contribution in [3.05, 3.63) is 243 Å². The van der Waals surface area contributed by atoms with Crippen molar-refractivity contribution in [2.24, 2.45) is 0 Å². The number of anilines is 6. The quantitative estimate of drug-likeness (QED) is 0.145. The second-order valence-electron chi connectivity index (χ2n) is 14.6. The third kappa shape index (κ3) is 6.78. The molecule has 0 aliphatic carbocycles. The molecule has 0 aliphatic rings. The Kier molecular flexibility index (Phi) is 9.27. The van der Waals surface area contributed by atoms with Gasteiger partial charge in [-0.3, -0.25) is 0 Å². The lowest BCUT2D eigenvalue weighted by Crippen LogP contribution is -2.09. The van der Waals surface area contributed by atoms with Crippen molar-refractivity contribution in [1.29, 1.82) is 0 Å². The molecule has 0 atom stereocenters. The normalized spacial score (nSPS) is 11.1. The van der Waals surface area contributed by atoms with E-state index in [-0.39, 0.29) is 0 Å². The summed E-state index contributed by atoms with van der Waals surface area (Å²) in [5.41, 5.74) is 13.9. The fourth-order valence-electron chi connectivity index (χ4n) is 8.20. The van der Waals surface area contributed by atoms with Crippen LogP contribution in [-0.2, 0) is 0 Å². The van der Waals surface area contributed by atoms with Crippen LogP contribution >= 0.6 is 0 Å². The van der Waals surface area contributed by atoms with E-state index in [0.717, 1.165) is 34.1 Å². The van der Waals surface area contributed by atoms with Crippen molar-refractivity contribution in [1.82, 2.24) is 0 Å². The number of nitrogens with zero attached hydrogens (tertiary/aromatic N) is 2. The Morgan fingerprint density at radius 3 is 1.09 bits per heavy atom. The van der Waals surface area contributed by atoms with Gasteiger partial charge in [0.05, 0.1) is 0 Å². The Balaban J connectivity index is 1.01. The van der Waals surface area contributed by atoms with Crippen LogP contribution in [0.5, 0.6) is 0 Å². The number of para-hydroxylation sites is 2. The van der Waals surface area contributed by atoms with Gasteiger partial charge >= 0.3 is 0 Å². The molecule has 0 fully saturated rings. The van der Waals surface area contributed by atoms with Crippen LogP contribution in [0.25, 0.3) is 54.9 Å². The van der Waals surface area contributed by atoms with E-state index in [0.29, 0.717) is 0 Å². The van der Waals surface area contributed by atoms with Crippen LogP contribution in [0.15, 0.2) is 243 Å². The maximum absolute atomic E-state index is 2.34. The van der Waals surface area contributed by atoms with Gasteiger partial charge in [-0.15, -0.1) is 0 Å². The summed E-state index contributed by atoms with van der Waals surface area (Å²) in [5, 5.41) is 4.92. The molecule has 0 heterocycles. The van der Waals surface area contributed by atoms with Crippen molar-refractivity contribution >= 4 is 55.7 Å². The minimum Gasteiger partial charge on any atom is -0.311 e. The summed E-state index contributed by atoms with van der Waals surface area (Å²) >= 11 is 0. The fraction of sp³-hybridized carbons (Fsp3) is 0. The van der Waals surface area contributed by atoms with Gasteiger partial charge in [0.15, 0.2) is 0 Å². The van der Waals surface area contributed by atoms with E-state index < -0.39 is 0 Å². The molecule has 0 saturated heterocycles. The van der Waals surface area contributed by atoms with Crippen LogP contribution in [0.2, 0.25) is 0 Å². The van der Waals surface area contributed by atoms with E-state index in [1.807, 2.05) is 0 Å². The Morgan fingerprint density at radius 2 is 0.569 bits per heavy atom. The average molecular weight is 741 g/mol. The van der Waals surface area contributed by atoms with E-state index in [9.17, 15) is 0 Å². The maximum Gasteiger partial charge on any atom is 0.0468 e. The SMILES string of the molecule is c1ccc(-c2ccc(N(c3ccccc3)c3ccc(-c4cccc5cccc(-c6ccc(N(c7ccccc7)c7ccc8ccccc8c7)cc6)c45)cc3)cc2)cc1. The lowest BCUT2D eigenvalue weighted by molar-refractivity contribution is 1.28. The lowest BCUT2D eigenvalue weighted by Gasteiger charge is -2.26. The number of rotatable bonds is 9. The van der Waals surface area contributed by atoms with Gasteiger partial charge in [0.1, 0.15) is 0 Å². The number of fused-ring (bicyclic) bond motifs is 2. The summed E-state index contributed by atoms with van der Waals surface area (Å²) in [5.74, 6) is 0. The third-order valence-electron chi connectivity index (χ3n) is 11.0. The summed E-state index contributed by atoms with van der Waals surface area (Å²) in [7, 11) is 0. The first-order valence-corrected chi connectivity index (χ1v) is 19.8. The molecule has 0 aromatic heterocycles. The highest BCUT2D eigenvalue weighted by atomic mass is 15.1. The Labute approximate surface area is 340 Å². The predicted molar refractivity (Wildman–Crippen MR) is 247 cm³/mol. The zero-order chi connectivity index (χ0) is 38.7. The second-order valence-corrected chi connectivity index (χ2v) is 14.6. The summed E-state index contributed by atoms with van der Waals surface area (Å²) in [6.07, 6.45) is 0. The van der Waals surface area contributed by atoms with E-state index >= 15 is 0 Å². The summed E-state index contributed by atoms with van der Waals surface area (Å²) in [4.78, 5) is 4.66. The van der Waals surface area contributed by atoms with Gasteiger partial charge < -0.3 is 9.80 Å². The monoisotopic (exact) mass is 740 g/mol. The highest BCUT2D eigenvalue weighted by Gasteiger charge is 2.17. The van der Waals surface area contributed by atoms with Gasteiger partial charge in [0.25, 0.3) is 0 Å². The van der Waals surface area contributed by atoms with Crippen molar-refractivity contribution in [3.8, 4) is 33.4 Å². The highest BCUT2D eigenvalue weighted by molar-refractivity contribution is 6.06. The van der Waals surface area contributed by atoms with Gasteiger partial charge in [-0.05, 0) is 128 Å². The van der Waals surface area contributed by atoms with Crippen molar-refractivity contribution in [3.63, 3.8) is 0 Å². The molecule has 2 heteroatoms. The molecule has 0 saturated carbocycles. The van der Waals surface area contributed by atoms with Gasteiger partial charge in [0, 0.05) is 34.1 Å². The number of hydrogen-bond acceptors (Lipinski definition) is 2. The van der Waals surface area contributed by atoms with E-state index in [2.05, 4.69) is 252 Å². The van der Waals surface area contributed by atoms with E-state index in [1.54, 1.807) is 0 Å². The van der Waals surface area contributed by atoms with Crippen molar-refractivity contribution in [2.45, 2.75) is 0 Å². The van der Waals surface area contributed by atoms with Gasteiger partial charge in [0.2, 0.25) is 0 Å². The maximum atomic E-state index is 2.34. The average Bonchev–Trinajstić information content (AvgIpc) is 3.30. The molecule has 274 valence electrons. The molecular formula is C56H40N2. The van der Waals surface area contributed by atoms with E-state index in [4.69, 9.17) is 0 Å². The Hall–Kier alpha value is -7.68. The van der Waals surface area contributed by atoms with Crippen LogP contribution in [0.4, 0.5) is 34.1 Å². The van der Waals surface area contributed by atoms with Gasteiger partial charge in [-0.1, -0.05) is 170 Å².